The zero-order valence-electron chi connectivity index (χ0n) is 14.7. The van der Waals surface area contributed by atoms with Crippen molar-refractivity contribution in [3.8, 4) is 0 Å². The molecule has 0 aliphatic carbocycles. The van der Waals surface area contributed by atoms with Crippen molar-refractivity contribution in [3.63, 3.8) is 0 Å². The highest BCUT2D eigenvalue weighted by atomic mass is 16.6. The molecule has 0 saturated heterocycles. The summed E-state index contributed by atoms with van der Waals surface area (Å²) in [6, 6.07) is 6.07. The SMILES string of the molecule is CCCCCCCCCCCC(=O)OCc1ccc([N+](=O)[O-])cc1. The Morgan fingerprint density at radius 1 is 0.958 bits per heavy atom. The third-order valence-electron chi connectivity index (χ3n) is 4.03. The summed E-state index contributed by atoms with van der Waals surface area (Å²) in [7, 11) is 0. The van der Waals surface area contributed by atoms with Crippen LogP contribution in [0, 0.1) is 10.1 Å². The lowest BCUT2D eigenvalue weighted by atomic mass is 10.1. The number of ether oxygens (including phenoxy) is 1. The lowest BCUT2D eigenvalue weighted by Gasteiger charge is -2.05. The summed E-state index contributed by atoms with van der Waals surface area (Å²) in [5.41, 5.74) is 0.806. The molecular weight excluding hydrogens is 306 g/mol. The average Bonchev–Trinajstić information content (AvgIpc) is 2.59. The minimum Gasteiger partial charge on any atom is -0.461 e. The second-order valence-electron chi connectivity index (χ2n) is 6.16. The number of non-ortho nitro benzene ring substituents is 1. The molecule has 5 heteroatoms. The Balaban J connectivity index is 2.03. The molecule has 0 atom stereocenters. The molecule has 0 N–H and O–H groups in total. The fraction of sp³-hybridized carbons (Fsp3) is 0.632. The summed E-state index contributed by atoms with van der Waals surface area (Å²) in [6.07, 6.45) is 11.4. The summed E-state index contributed by atoms with van der Waals surface area (Å²) < 4.78 is 5.19. The third-order valence-corrected chi connectivity index (χ3v) is 4.03. The van der Waals surface area contributed by atoms with Gasteiger partial charge in [0.05, 0.1) is 4.92 Å². The first-order chi connectivity index (χ1) is 11.6. The topological polar surface area (TPSA) is 69.4 Å². The van der Waals surface area contributed by atoms with Crippen molar-refractivity contribution in [2.75, 3.05) is 0 Å². The molecule has 1 aromatic carbocycles. The van der Waals surface area contributed by atoms with Crippen molar-refractivity contribution in [1.29, 1.82) is 0 Å². The van der Waals surface area contributed by atoms with Crippen LogP contribution in [-0.4, -0.2) is 10.9 Å². The number of unbranched alkanes of at least 4 members (excludes halogenated alkanes) is 8. The normalized spacial score (nSPS) is 10.5. The van der Waals surface area contributed by atoms with E-state index >= 15 is 0 Å². The molecule has 0 aliphatic rings. The van der Waals surface area contributed by atoms with Crippen molar-refractivity contribution in [2.45, 2.75) is 77.7 Å². The lowest BCUT2D eigenvalue weighted by molar-refractivity contribution is -0.384. The second-order valence-corrected chi connectivity index (χ2v) is 6.16. The molecule has 0 amide bonds. The predicted molar refractivity (Wildman–Crippen MR) is 94.7 cm³/mol. The fourth-order valence-corrected chi connectivity index (χ4v) is 2.53. The molecule has 0 radical (unpaired) electrons. The van der Waals surface area contributed by atoms with E-state index in [0.29, 0.717) is 6.42 Å². The number of nitro benzene ring substituents is 1. The van der Waals surface area contributed by atoms with Gasteiger partial charge >= 0.3 is 5.97 Å². The van der Waals surface area contributed by atoms with Crippen molar-refractivity contribution < 1.29 is 14.5 Å². The number of nitro groups is 1. The van der Waals surface area contributed by atoms with E-state index in [2.05, 4.69) is 6.92 Å². The highest BCUT2D eigenvalue weighted by Gasteiger charge is 2.06. The average molecular weight is 335 g/mol. The quantitative estimate of drug-likeness (QED) is 0.205. The van der Waals surface area contributed by atoms with Crippen molar-refractivity contribution in [3.05, 3.63) is 39.9 Å². The molecule has 134 valence electrons. The van der Waals surface area contributed by atoms with E-state index in [1.54, 1.807) is 12.1 Å². The van der Waals surface area contributed by atoms with Gasteiger partial charge in [0.1, 0.15) is 6.61 Å². The van der Waals surface area contributed by atoms with Crippen LogP contribution in [0.4, 0.5) is 5.69 Å². The van der Waals surface area contributed by atoms with Gasteiger partial charge in [0.2, 0.25) is 0 Å². The van der Waals surface area contributed by atoms with Crippen LogP contribution in [-0.2, 0) is 16.1 Å². The Labute approximate surface area is 144 Å². The molecule has 0 heterocycles. The molecular formula is C19H29NO4. The summed E-state index contributed by atoms with van der Waals surface area (Å²) >= 11 is 0. The lowest BCUT2D eigenvalue weighted by Crippen LogP contribution is -2.04. The number of nitrogens with zero attached hydrogens (tertiary/aromatic N) is 1. The Hall–Kier alpha value is -1.91. The zero-order chi connectivity index (χ0) is 17.6. The van der Waals surface area contributed by atoms with Crippen LogP contribution in [0.2, 0.25) is 0 Å². The number of carbonyl (C=O) groups excluding carboxylic acids is 1. The molecule has 0 unspecified atom stereocenters. The second kappa shape index (κ2) is 12.5. The molecule has 0 aliphatic heterocycles. The van der Waals surface area contributed by atoms with Gasteiger partial charge in [-0.2, -0.15) is 0 Å². The highest BCUT2D eigenvalue weighted by molar-refractivity contribution is 5.69. The zero-order valence-corrected chi connectivity index (χ0v) is 14.7. The molecule has 0 fully saturated rings. The van der Waals surface area contributed by atoms with Gasteiger partial charge in [-0.3, -0.25) is 14.9 Å². The largest absolute Gasteiger partial charge is 0.461 e. The van der Waals surface area contributed by atoms with Gasteiger partial charge in [-0.25, -0.2) is 0 Å². The highest BCUT2D eigenvalue weighted by Crippen LogP contribution is 2.14. The van der Waals surface area contributed by atoms with E-state index in [0.717, 1.165) is 18.4 Å². The molecule has 0 spiro atoms. The standard InChI is InChI=1S/C19H29NO4/c1-2-3-4-5-6-7-8-9-10-11-19(21)24-16-17-12-14-18(15-13-17)20(22)23/h12-15H,2-11,16H2,1H3. The van der Waals surface area contributed by atoms with Gasteiger partial charge in [-0.05, 0) is 24.1 Å². The van der Waals surface area contributed by atoms with Crippen molar-refractivity contribution in [1.82, 2.24) is 0 Å². The number of rotatable bonds is 13. The summed E-state index contributed by atoms with van der Waals surface area (Å²) in [6.45, 7) is 2.40. The molecule has 1 rings (SSSR count). The number of benzene rings is 1. The Bertz CT molecular complexity index is 485. The minimum atomic E-state index is -0.445. The smallest absolute Gasteiger partial charge is 0.306 e. The molecule has 5 nitrogen and oxygen atoms in total. The van der Waals surface area contributed by atoms with Crippen LogP contribution >= 0.6 is 0 Å². The maximum atomic E-state index is 11.7. The van der Waals surface area contributed by atoms with Crippen LogP contribution < -0.4 is 0 Å². The molecule has 0 saturated carbocycles. The van der Waals surface area contributed by atoms with Gasteiger partial charge in [0, 0.05) is 18.6 Å². The maximum absolute atomic E-state index is 11.7. The molecule has 24 heavy (non-hydrogen) atoms. The summed E-state index contributed by atoms with van der Waals surface area (Å²) in [4.78, 5) is 21.8. The van der Waals surface area contributed by atoms with Crippen LogP contribution in [0.3, 0.4) is 0 Å². The minimum absolute atomic E-state index is 0.0415. The van der Waals surface area contributed by atoms with Gasteiger partial charge in [-0.1, -0.05) is 58.3 Å². The summed E-state index contributed by atoms with van der Waals surface area (Å²) in [5, 5.41) is 10.6. The van der Waals surface area contributed by atoms with E-state index in [9.17, 15) is 14.9 Å². The number of carbonyl (C=O) groups is 1. The van der Waals surface area contributed by atoms with Gasteiger partial charge < -0.3 is 4.74 Å². The Morgan fingerprint density at radius 2 is 1.50 bits per heavy atom. The van der Waals surface area contributed by atoms with E-state index in [1.807, 2.05) is 0 Å². The first-order valence-corrected chi connectivity index (χ1v) is 9.02. The first kappa shape index (κ1) is 20.1. The molecule has 0 bridgehead atoms. The number of hydrogen-bond acceptors (Lipinski definition) is 4. The Morgan fingerprint density at radius 3 is 2.04 bits per heavy atom. The van der Waals surface area contributed by atoms with E-state index in [-0.39, 0.29) is 18.3 Å². The van der Waals surface area contributed by atoms with Crippen LogP contribution in [0.25, 0.3) is 0 Å². The number of esters is 1. The third kappa shape index (κ3) is 9.28. The van der Waals surface area contributed by atoms with Gasteiger partial charge in [0.15, 0.2) is 0 Å². The summed E-state index contributed by atoms with van der Waals surface area (Å²) in [5.74, 6) is -0.198. The van der Waals surface area contributed by atoms with Crippen LogP contribution in [0.5, 0.6) is 0 Å². The van der Waals surface area contributed by atoms with E-state index < -0.39 is 4.92 Å². The van der Waals surface area contributed by atoms with Crippen LogP contribution in [0.15, 0.2) is 24.3 Å². The maximum Gasteiger partial charge on any atom is 0.306 e. The fourth-order valence-electron chi connectivity index (χ4n) is 2.53. The number of hydrogen-bond donors (Lipinski definition) is 0. The Kier molecular flexibility index (Phi) is 10.5. The predicted octanol–water partition coefficient (Wildman–Crippen LogP) is 5.56. The molecule has 0 aromatic heterocycles. The van der Waals surface area contributed by atoms with Gasteiger partial charge in [-0.15, -0.1) is 0 Å². The van der Waals surface area contributed by atoms with Crippen LogP contribution in [0.1, 0.15) is 76.7 Å². The van der Waals surface area contributed by atoms with Gasteiger partial charge in [0.25, 0.3) is 5.69 Å². The van der Waals surface area contributed by atoms with E-state index in [4.69, 9.17) is 4.74 Å². The monoisotopic (exact) mass is 335 g/mol. The molecule has 1 aromatic rings. The van der Waals surface area contributed by atoms with E-state index in [1.165, 1.54) is 57.1 Å². The first-order valence-electron chi connectivity index (χ1n) is 9.02. The van der Waals surface area contributed by atoms with Crippen molar-refractivity contribution in [2.24, 2.45) is 0 Å². The van der Waals surface area contributed by atoms with Crippen molar-refractivity contribution >= 4 is 11.7 Å².